The molecule has 0 fully saturated rings. The molecule has 0 unspecified atom stereocenters. The highest BCUT2D eigenvalue weighted by molar-refractivity contribution is 5.91. The lowest BCUT2D eigenvalue weighted by atomic mass is 10.1. The molecule has 0 spiro atoms. The lowest BCUT2D eigenvalue weighted by Gasteiger charge is -2.15. The molecule has 34 heavy (non-hydrogen) atoms. The van der Waals surface area contributed by atoms with Crippen LogP contribution in [0.3, 0.4) is 0 Å². The van der Waals surface area contributed by atoms with Crippen molar-refractivity contribution in [1.29, 1.82) is 0 Å². The molecule has 2 aromatic heterocycles. The molecule has 176 valence electrons. The van der Waals surface area contributed by atoms with Gasteiger partial charge in [-0.05, 0) is 48.5 Å². The van der Waals surface area contributed by atoms with Crippen LogP contribution in [-0.2, 0) is 12.6 Å². The molecule has 4 aromatic rings. The second-order valence-corrected chi connectivity index (χ2v) is 7.18. The minimum absolute atomic E-state index is 0.0285. The van der Waals surface area contributed by atoms with Crippen LogP contribution in [0.4, 0.5) is 23.7 Å². The largest absolute Gasteiger partial charge is 0.497 e. The third kappa shape index (κ3) is 5.37. The van der Waals surface area contributed by atoms with E-state index in [4.69, 9.17) is 9.15 Å². The summed E-state index contributed by atoms with van der Waals surface area (Å²) in [5, 5.41) is 9.11. The van der Waals surface area contributed by atoms with E-state index in [0.717, 1.165) is 17.7 Å². The summed E-state index contributed by atoms with van der Waals surface area (Å²) in [4.78, 5) is 16.8. The Morgan fingerprint density at radius 1 is 1.18 bits per heavy atom. The molecular formula is C23H20F3N5O3. The van der Waals surface area contributed by atoms with Crippen LogP contribution in [0.25, 0.3) is 17.1 Å². The lowest BCUT2D eigenvalue weighted by molar-refractivity contribution is -0.137. The first-order valence-electron chi connectivity index (χ1n) is 10.2. The van der Waals surface area contributed by atoms with Crippen LogP contribution in [-0.4, -0.2) is 34.5 Å². The molecule has 0 atom stereocenters. The fourth-order valence-corrected chi connectivity index (χ4v) is 3.18. The molecule has 0 bridgehead atoms. The number of hydrogen-bond acceptors (Lipinski definition) is 5. The number of ether oxygens (including phenoxy) is 1. The Morgan fingerprint density at radius 2 is 1.97 bits per heavy atom. The Morgan fingerprint density at radius 3 is 2.65 bits per heavy atom. The van der Waals surface area contributed by atoms with E-state index in [1.807, 2.05) is 12.1 Å². The Kier molecular flexibility index (Phi) is 6.53. The second kappa shape index (κ2) is 9.69. The van der Waals surface area contributed by atoms with Gasteiger partial charge in [0.05, 0.1) is 29.7 Å². The van der Waals surface area contributed by atoms with Gasteiger partial charge < -0.3 is 19.8 Å². The Hall–Kier alpha value is -4.28. The van der Waals surface area contributed by atoms with Crippen LogP contribution >= 0.6 is 0 Å². The quantitative estimate of drug-likeness (QED) is 0.399. The molecular weight excluding hydrogens is 451 g/mol. The van der Waals surface area contributed by atoms with Crippen LogP contribution in [0.1, 0.15) is 11.3 Å². The smallest absolute Gasteiger partial charge is 0.416 e. The first-order chi connectivity index (χ1) is 16.3. The van der Waals surface area contributed by atoms with Crippen molar-refractivity contribution >= 4 is 11.7 Å². The second-order valence-electron chi connectivity index (χ2n) is 7.18. The van der Waals surface area contributed by atoms with Crippen molar-refractivity contribution in [2.24, 2.45) is 0 Å². The molecule has 0 aliphatic rings. The number of carbonyl (C=O) groups excluding carboxylic acids is 1. The zero-order valence-electron chi connectivity index (χ0n) is 18.0. The van der Waals surface area contributed by atoms with E-state index < -0.39 is 17.8 Å². The van der Waals surface area contributed by atoms with E-state index in [1.165, 1.54) is 23.2 Å². The number of amides is 2. The van der Waals surface area contributed by atoms with Crippen LogP contribution in [0.5, 0.6) is 5.75 Å². The number of nitrogens with one attached hydrogen (secondary N) is 2. The van der Waals surface area contributed by atoms with E-state index in [-0.39, 0.29) is 12.2 Å². The predicted molar refractivity (Wildman–Crippen MR) is 118 cm³/mol. The number of methoxy groups -OCH3 is 1. The SMILES string of the molecule is COc1ccc(-c2nc(CCNC(=O)Nc3cc(C(F)(F)F)ccc3-n3cccn3)co2)cc1. The summed E-state index contributed by atoms with van der Waals surface area (Å²) < 4.78 is 51.5. The molecule has 4 rings (SSSR count). The third-order valence-corrected chi connectivity index (χ3v) is 4.88. The zero-order chi connectivity index (χ0) is 24.1. The van der Waals surface area contributed by atoms with Gasteiger partial charge in [-0.2, -0.15) is 18.3 Å². The van der Waals surface area contributed by atoms with E-state index >= 15 is 0 Å². The van der Waals surface area contributed by atoms with Gasteiger partial charge in [0.15, 0.2) is 0 Å². The topological polar surface area (TPSA) is 94.2 Å². The standard InChI is InChI=1S/C23H20F3N5O3/c1-33-18-6-3-15(4-7-18)21-29-17(14-34-21)9-11-27-22(32)30-19-13-16(23(24,25)26)5-8-20(19)31-12-2-10-28-31/h2-8,10,12-14H,9,11H2,1H3,(H2,27,30,32). The summed E-state index contributed by atoms with van der Waals surface area (Å²) in [6, 6.07) is 11.2. The fourth-order valence-electron chi connectivity index (χ4n) is 3.18. The van der Waals surface area contributed by atoms with Crippen molar-refractivity contribution in [2.75, 3.05) is 19.0 Å². The minimum Gasteiger partial charge on any atom is -0.497 e. The van der Waals surface area contributed by atoms with Crippen molar-refractivity contribution in [3.63, 3.8) is 0 Å². The Labute approximate surface area is 192 Å². The number of hydrogen-bond donors (Lipinski definition) is 2. The number of oxazole rings is 1. The fraction of sp³-hybridized carbons (Fsp3) is 0.174. The first kappa shape index (κ1) is 22.9. The van der Waals surface area contributed by atoms with Crippen molar-refractivity contribution < 1.29 is 27.1 Å². The van der Waals surface area contributed by atoms with Gasteiger partial charge in [-0.3, -0.25) is 0 Å². The average molecular weight is 471 g/mol. The van der Waals surface area contributed by atoms with Crippen molar-refractivity contribution in [3.8, 4) is 22.9 Å². The molecule has 2 heterocycles. The summed E-state index contributed by atoms with van der Waals surface area (Å²) in [7, 11) is 1.58. The first-order valence-corrected chi connectivity index (χ1v) is 10.2. The van der Waals surface area contributed by atoms with E-state index in [0.29, 0.717) is 29.4 Å². The third-order valence-electron chi connectivity index (χ3n) is 4.88. The number of urea groups is 1. The maximum absolute atomic E-state index is 13.2. The van der Waals surface area contributed by atoms with Crippen LogP contribution in [0.2, 0.25) is 0 Å². The number of nitrogens with zero attached hydrogens (tertiary/aromatic N) is 3. The van der Waals surface area contributed by atoms with Crippen LogP contribution < -0.4 is 15.4 Å². The maximum Gasteiger partial charge on any atom is 0.416 e. The Balaban J connectivity index is 1.38. The van der Waals surface area contributed by atoms with Crippen molar-refractivity contribution in [3.05, 3.63) is 78.4 Å². The van der Waals surface area contributed by atoms with Gasteiger partial charge in [0.2, 0.25) is 5.89 Å². The molecule has 0 aliphatic heterocycles. The number of anilines is 1. The van der Waals surface area contributed by atoms with Crippen LogP contribution in [0, 0.1) is 0 Å². The molecule has 0 radical (unpaired) electrons. The highest BCUT2D eigenvalue weighted by Crippen LogP contribution is 2.33. The number of aromatic nitrogens is 3. The molecule has 0 aliphatic carbocycles. The molecule has 0 saturated heterocycles. The number of rotatable bonds is 7. The molecule has 11 heteroatoms. The lowest BCUT2D eigenvalue weighted by Crippen LogP contribution is -2.31. The minimum atomic E-state index is -4.55. The van der Waals surface area contributed by atoms with Gasteiger partial charge in [-0.15, -0.1) is 0 Å². The maximum atomic E-state index is 13.2. The number of carbonyl (C=O) groups is 1. The van der Waals surface area contributed by atoms with E-state index in [9.17, 15) is 18.0 Å². The molecule has 2 amide bonds. The van der Waals surface area contributed by atoms with E-state index in [2.05, 4.69) is 20.7 Å². The summed E-state index contributed by atoms with van der Waals surface area (Å²) in [6.45, 7) is 0.191. The van der Waals surface area contributed by atoms with Gasteiger partial charge in [0, 0.05) is 30.9 Å². The van der Waals surface area contributed by atoms with Crippen molar-refractivity contribution in [1.82, 2.24) is 20.1 Å². The number of halogens is 3. The van der Waals surface area contributed by atoms with Gasteiger partial charge in [0.25, 0.3) is 0 Å². The molecule has 0 saturated carbocycles. The summed E-state index contributed by atoms with van der Waals surface area (Å²) >= 11 is 0. The molecule has 2 N–H and O–H groups in total. The zero-order valence-corrected chi connectivity index (χ0v) is 18.0. The van der Waals surface area contributed by atoms with Gasteiger partial charge in [-0.25, -0.2) is 14.5 Å². The summed E-state index contributed by atoms with van der Waals surface area (Å²) in [6.07, 6.45) is 0.351. The summed E-state index contributed by atoms with van der Waals surface area (Å²) in [5.41, 5.74) is 0.774. The van der Waals surface area contributed by atoms with Gasteiger partial charge in [0.1, 0.15) is 12.0 Å². The van der Waals surface area contributed by atoms with Crippen LogP contribution in [0.15, 0.2) is 71.6 Å². The monoisotopic (exact) mass is 471 g/mol. The van der Waals surface area contributed by atoms with Gasteiger partial charge in [-0.1, -0.05) is 0 Å². The molecule has 8 nitrogen and oxygen atoms in total. The number of benzene rings is 2. The molecule has 2 aromatic carbocycles. The van der Waals surface area contributed by atoms with E-state index in [1.54, 1.807) is 31.5 Å². The normalized spacial score (nSPS) is 11.3. The van der Waals surface area contributed by atoms with Gasteiger partial charge >= 0.3 is 12.2 Å². The predicted octanol–water partition coefficient (Wildman–Crippen LogP) is 4.92. The highest BCUT2D eigenvalue weighted by atomic mass is 19.4. The Bertz CT molecular complexity index is 1250. The number of alkyl halides is 3. The highest BCUT2D eigenvalue weighted by Gasteiger charge is 2.31. The summed E-state index contributed by atoms with van der Waals surface area (Å²) in [5.74, 6) is 1.14. The average Bonchev–Trinajstić information content (AvgIpc) is 3.51. The van der Waals surface area contributed by atoms with Crippen molar-refractivity contribution in [2.45, 2.75) is 12.6 Å².